The first kappa shape index (κ1) is 6.91. The smallest absolute Gasteiger partial charge is 0.272 e. The third-order valence-electron chi connectivity index (χ3n) is 1.70. The second-order valence-corrected chi connectivity index (χ2v) is 2.50. The van der Waals surface area contributed by atoms with Gasteiger partial charge in [-0.25, -0.2) is 0 Å². The molecule has 1 aromatic heterocycles. The number of hydrogen-bond donors (Lipinski definition) is 2. The van der Waals surface area contributed by atoms with E-state index in [-0.39, 0.29) is 5.91 Å². The predicted octanol–water partition coefficient (Wildman–Crippen LogP) is 1.28. The average molecular weight is 160 g/mol. The van der Waals surface area contributed by atoms with E-state index >= 15 is 0 Å². The van der Waals surface area contributed by atoms with Crippen LogP contribution in [-0.2, 0) is 0 Å². The van der Waals surface area contributed by atoms with Gasteiger partial charge in [0.05, 0.1) is 0 Å². The van der Waals surface area contributed by atoms with Gasteiger partial charge in [-0.3, -0.25) is 4.79 Å². The highest BCUT2D eigenvalue weighted by Gasteiger charge is 2.09. The molecule has 0 aliphatic carbocycles. The van der Waals surface area contributed by atoms with Gasteiger partial charge in [0.2, 0.25) is 0 Å². The van der Waals surface area contributed by atoms with Gasteiger partial charge in [0.1, 0.15) is 5.69 Å². The van der Waals surface area contributed by atoms with E-state index in [0.717, 1.165) is 5.56 Å². The Bertz CT molecular complexity index is 360. The molecular formula is C9H8N2O. The number of aromatic nitrogens is 1. The molecule has 3 heteroatoms. The van der Waals surface area contributed by atoms with E-state index in [4.69, 9.17) is 0 Å². The maximum atomic E-state index is 11.3. The summed E-state index contributed by atoms with van der Waals surface area (Å²) in [7, 11) is 0. The minimum Gasteiger partial charge on any atom is -0.357 e. The highest BCUT2D eigenvalue weighted by molar-refractivity contribution is 5.97. The summed E-state index contributed by atoms with van der Waals surface area (Å²) in [6.45, 7) is 0. The molecule has 0 radical (unpaired) electrons. The quantitative estimate of drug-likeness (QED) is 0.590. The SMILES string of the molecule is O=C1NC=CC=Cc2cc[nH]c21. The molecule has 2 N–H and O–H groups in total. The fourth-order valence-corrected chi connectivity index (χ4v) is 1.13. The van der Waals surface area contributed by atoms with Crippen molar-refractivity contribution in [2.45, 2.75) is 0 Å². The van der Waals surface area contributed by atoms with Crippen molar-refractivity contribution in [3.63, 3.8) is 0 Å². The summed E-state index contributed by atoms with van der Waals surface area (Å²) in [6, 6.07) is 1.87. The molecule has 0 spiro atoms. The van der Waals surface area contributed by atoms with Crippen molar-refractivity contribution in [1.29, 1.82) is 0 Å². The van der Waals surface area contributed by atoms with Crippen LogP contribution in [0.1, 0.15) is 16.1 Å². The standard InChI is InChI=1S/C9H8N2O/c12-9-8-7(4-6-10-8)3-1-2-5-11-9/h1-6,10H,(H,11,12). The maximum absolute atomic E-state index is 11.3. The Balaban J connectivity index is 2.51. The molecule has 12 heavy (non-hydrogen) atoms. The minimum absolute atomic E-state index is 0.101. The summed E-state index contributed by atoms with van der Waals surface area (Å²) in [4.78, 5) is 14.2. The van der Waals surface area contributed by atoms with Crippen molar-refractivity contribution in [1.82, 2.24) is 10.3 Å². The minimum atomic E-state index is -0.101. The third kappa shape index (κ3) is 1.05. The normalized spacial score (nSPS) is 14.8. The van der Waals surface area contributed by atoms with Crippen LogP contribution in [0.2, 0.25) is 0 Å². The lowest BCUT2D eigenvalue weighted by Gasteiger charge is -2.00. The summed E-state index contributed by atoms with van der Waals surface area (Å²) < 4.78 is 0. The molecular weight excluding hydrogens is 152 g/mol. The summed E-state index contributed by atoms with van der Waals surface area (Å²) in [5, 5.41) is 2.62. The van der Waals surface area contributed by atoms with E-state index in [1.54, 1.807) is 18.5 Å². The molecule has 3 nitrogen and oxygen atoms in total. The first-order valence-electron chi connectivity index (χ1n) is 3.69. The van der Waals surface area contributed by atoms with E-state index in [0.29, 0.717) is 5.69 Å². The fraction of sp³-hybridized carbons (Fsp3) is 0. The van der Waals surface area contributed by atoms with Gasteiger partial charge in [-0.1, -0.05) is 12.2 Å². The summed E-state index contributed by atoms with van der Waals surface area (Å²) in [5.74, 6) is -0.101. The molecule has 0 saturated heterocycles. The van der Waals surface area contributed by atoms with E-state index in [1.807, 2.05) is 18.2 Å². The van der Waals surface area contributed by atoms with Crippen molar-refractivity contribution < 1.29 is 4.79 Å². The van der Waals surface area contributed by atoms with E-state index in [2.05, 4.69) is 10.3 Å². The Morgan fingerprint density at radius 1 is 1.25 bits per heavy atom. The molecule has 1 aromatic rings. The van der Waals surface area contributed by atoms with E-state index in [1.165, 1.54) is 0 Å². The maximum Gasteiger partial charge on any atom is 0.272 e. The monoisotopic (exact) mass is 160 g/mol. The Morgan fingerprint density at radius 3 is 3.08 bits per heavy atom. The number of allylic oxidation sites excluding steroid dienone is 2. The van der Waals surface area contributed by atoms with Crippen LogP contribution in [0.15, 0.2) is 30.6 Å². The lowest BCUT2D eigenvalue weighted by Crippen LogP contribution is -2.18. The molecule has 1 aliphatic heterocycles. The number of hydrogen-bond acceptors (Lipinski definition) is 1. The molecule has 1 amide bonds. The lowest BCUT2D eigenvalue weighted by molar-refractivity contribution is 0.0965. The van der Waals surface area contributed by atoms with Crippen molar-refractivity contribution in [3.8, 4) is 0 Å². The van der Waals surface area contributed by atoms with Crippen LogP contribution in [0.3, 0.4) is 0 Å². The van der Waals surface area contributed by atoms with Crippen LogP contribution in [-0.4, -0.2) is 10.9 Å². The van der Waals surface area contributed by atoms with Crippen molar-refractivity contribution in [3.05, 3.63) is 41.9 Å². The molecule has 60 valence electrons. The predicted molar refractivity (Wildman–Crippen MR) is 46.4 cm³/mol. The molecule has 0 saturated carbocycles. The van der Waals surface area contributed by atoms with Crippen molar-refractivity contribution in [2.75, 3.05) is 0 Å². The molecule has 0 unspecified atom stereocenters. The molecule has 0 fully saturated rings. The van der Waals surface area contributed by atoms with Gasteiger partial charge in [0.15, 0.2) is 0 Å². The zero-order valence-electron chi connectivity index (χ0n) is 6.37. The number of aromatic amines is 1. The molecule has 2 heterocycles. The number of nitrogens with one attached hydrogen (secondary N) is 2. The van der Waals surface area contributed by atoms with Gasteiger partial charge in [-0.15, -0.1) is 0 Å². The first-order valence-corrected chi connectivity index (χ1v) is 3.69. The largest absolute Gasteiger partial charge is 0.357 e. The fourth-order valence-electron chi connectivity index (χ4n) is 1.13. The topological polar surface area (TPSA) is 44.9 Å². The zero-order chi connectivity index (χ0) is 8.39. The van der Waals surface area contributed by atoms with Gasteiger partial charge in [0.25, 0.3) is 5.91 Å². The number of carbonyl (C=O) groups excluding carboxylic acids is 1. The second-order valence-electron chi connectivity index (χ2n) is 2.50. The summed E-state index contributed by atoms with van der Waals surface area (Å²) >= 11 is 0. The lowest BCUT2D eigenvalue weighted by atomic mass is 10.2. The molecule has 0 aromatic carbocycles. The number of carbonyl (C=O) groups is 1. The van der Waals surface area contributed by atoms with Gasteiger partial charge in [-0.05, 0) is 12.1 Å². The first-order chi connectivity index (χ1) is 5.88. The van der Waals surface area contributed by atoms with Gasteiger partial charge < -0.3 is 10.3 Å². The summed E-state index contributed by atoms with van der Waals surface area (Å²) in [6.07, 6.45) is 8.92. The molecule has 0 bridgehead atoms. The molecule has 0 atom stereocenters. The van der Waals surface area contributed by atoms with Crippen LogP contribution < -0.4 is 5.32 Å². The molecule has 2 rings (SSSR count). The average Bonchev–Trinajstić information content (AvgIpc) is 2.47. The van der Waals surface area contributed by atoms with Crippen LogP contribution in [0.4, 0.5) is 0 Å². The number of H-pyrrole nitrogens is 1. The Hall–Kier alpha value is -1.77. The third-order valence-corrected chi connectivity index (χ3v) is 1.70. The van der Waals surface area contributed by atoms with Crippen molar-refractivity contribution >= 4 is 12.0 Å². The number of rotatable bonds is 0. The van der Waals surface area contributed by atoms with E-state index < -0.39 is 0 Å². The Morgan fingerprint density at radius 2 is 2.17 bits per heavy atom. The zero-order valence-corrected chi connectivity index (χ0v) is 6.37. The van der Waals surface area contributed by atoms with Crippen LogP contribution in [0.5, 0.6) is 0 Å². The summed E-state index contributed by atoms with van der Waals surface area (Å²) in [5.41, 5.74) is 1.52. The number of amides is 1. The highest BCUT2D eigenvalue weighted by atomic mass is 16.1. The van der Waals surface area contributed by atoms with Crippen LogP contribution >= 0.6 is 0 Å². The number of fused-ring (bicyclic) bond motifs is 1. The van der Waals surface area contributed by atoms with Crippen LogP contribution in [0, 0.1) is 0 Å². The Kier molecular flexibility index (Phi) is 1.55. The van der Waals surface area contributed by atoms with Gasteiger partial charge in [-0.2, -0.15) is 0 Å². The van der Waals surface area contributed by atoms with Gasteiger partial charge >= 0.3 is 0 Å². The van der Waals surface area contributed by atoms with Gasteiger partial charge in [0, 0.05) is 18.0 Å². The Labute approximate surface area is 69.8 Å². The van der Waals surface area contributed by atoms with Crippen LogP contribution in [0.25, 0.3) is 6.08 Å². The highest BCUT2D eigenvalue weighted by Crippen LogP contribution is 2.09. The van der Waals surface area contributed by atoms with E-state index in [9.17, 15) is 4.79 Å². The van der Waals surface area contributed by atoms with Crippen molar-refractivity contribution in [2.24, 2.45) is 0 Å². The second kappa shape index (κ2) is 2.70. The molecule has 1 aliphatic rings.